The molecule has 0 fully saturated rings. The quantitative estimate of drug-likeness (QED) is 0.170. The average molecular weight is 732 g/mol. The van der Waals surface area contributed by atoms with Gasteiger partial charge in [-0.25, -0.2) is 9.97 Å². The van der Waals surface area contributed by atoms with Gasteiger partial charge in [0.25, 0.3) is 0 Å². The molecule has 0 saturated carbocycles. The summed E-state index contributed by atoms with van der Waals surface area (Å²) in [6.07, 6.45) is 0. The normalized spacial score (nSPS) is 11.6. The Morgan fingerprint density at radius 1 is 0.375 bits per heavy atom. The van der Waals surface area contributed by atoms with Gasteiger partial charge in [-0.15, -0.1) is 11.3 Å². The minimum absolute atomic E-state index is 0.706. The summed E-state index contributed by atoms with van der Waals surface area (Å²) in [5.74, 6) is 0.706. The Morgan fingerprint density at radius 3 is 1.62 bits per heavy atom. The molecule has 11 aromatic rings. The molecule has 56 heavy (non-hydrogen) atoms. The fourth-order valence-corrected chi connectivity index (χ4v) is 9.42. The predicted octanol–water partition coefficient (Wildman–Crippen LogP) is 14.3. The number of para-hydroxylation sites is 1. The highest BCUT2D eigenvalue weighted by molar-refractivity contribution is 7.26. The van der Waals surface area contributed by atoms with Crippen molar-refractivity contribution in [1.82, 2.24) is 14.5 Å². The van der Waals surface area contributed by atoms with Crippen LogP contribution in [0, 0.1) is 0 Å². The summed E-state index contributed by atoms with van der Waals surface area (Å²) in [6.45, 7) is 0. The van der Waals surface area contributed by atoms with Crippen molar-refractivity contribution in [2.75, 3.05) is 0 Å². The summed E-state index contributed by atoms with van der Waals surface area (Å²) in [7, 11) is 0. The van der Waals surface area contributed by atoms with Crippen molar-refractivity contribution in [3.05, 3.63) is 200 Å². The van der Waals surface area contributed by atoms with Crippen molar-refractivity contribution in [3.63, 3.8) is 0 Å². The molecule has 0 bridgehead atoms. The smallest absolute Gasteiger partial charge is 0.160 e. The minimum atomic E-state index is 0.706. The van der Waals surface area contributed by atoms with E-state index in [4.69, 9.17) is 9.97 Å². The van der Waals surface area contributed by atoms with Gasteiger partial charge in [-0.1, -0.05) is 164 Å². The average Bonchev–Trinajstić information content (AvgIpc) is 3.83. The summed E-state index contributed by atoms with van der Waals surface area (Å²) >= 11 is 1.88. The molecule has 3 aromatic heterocycles. The molecule has 0 unspecified atom stereocenters. The molecule has 0 radical (unpaired) electrons. The van der Waals surface area contributed by atoms with E-state index < -0.39 is 0 Å². The Labute approximate surface area is 328 Å². The maximum Gasteiger partial charge on any atom is 0.160 e. The Bertz CT molecular complexity index is 3160. The van der Waals surface area contributed by atoms with Crippen LogP contribution in [0.1, 0.15) is 0 Å². The van der Waals surface area contributed by atoms with Crippen molar-refractivity contribution in [2.24, 2.45) is 0 Å². The van der Waals surface area contributed by atoms with Crippen molar-refractivity contribution in [3.8, 4) is 61.8 Å². The fourth-order valence-electron chi connectivity index (χ4n) is 8.20. The van der Waals surface area contributed by atoms with Gasteiger partial charge in [0.15, 0.2) is 5.82 Å². The highest BCUT2D eigenvalue weighted by atomic mass is 32.1. The number of nitrogens with zero attached hydrogens (tertiary/aromatic N) is 3. The molecule has 262 valence electrons. The second-order valence-electron chi connectivity index (χ2n) is 14.2. The number of rotatable bonds is 6. The molecule has 0 aliphatic carbocycles. The zero-order chi connectivity index (χ0) is 37.0. The summed E-state index contributed by atoms with van der Waals surface area (Å²) in [5.41, 5.74) is 13.2. The monoisotopic (exact) mass is 731 g/mol. The molecule has 0 N–H and O–H groups in total. The molecule has 4 heteroatoms. The summed E-state index contributed by atoms with van der Waals surface area (Å²) in [4.78, 5) is 10.2. The van der Waals surface area contributed by atoms with E-state index >= 15 is 0 Å². The Balaban J connectivity index is 1.08. The Morgan fingerprint density at radius 2 is 0.929 bits per heavy atom. The summed E-state index contributed by atoms with van der Waals surface area (Å²) in [6, 6.07) is 71.4. The van der Waals surface area contributed by atoms with Gasteiger partial charge < -0.3 is 4.57 Å². The van der Waals surface area contributed by atoms with Crippen LogP contribution in [0.25, 0.3) is 104 Å². The lowest BCUT2D eigenvalue weighted by Gasteiger charge is -2.13. The Hall–Kier alpha value is -7.14. The standard InChI is InChI=1S/C52H33N3S/c1-4-15-34(16-5-1)43-31-39(32-44-41-21-11-13-26-49(41)56-51(43)44)55-47-24-12-10-22-42(47)50-40(23-14-25-48(50)55)35-27-29-38(30-28-35)52-53-45(36-17-6-2-7-18-36)33-46(54-52)37-19-8-3-9-20-37/h1-33H. The zero-order valence-electron chi connectivity index (χ0n) is 30.3. The number of aromatic nitrogens is 3. The largest absolute Gasteiger partial charge is 0.309 e. The molecule has 3 heterocycles. The molecule has 0 spiro atoms. The molecule has 8 aromatic carbocycles. The van der Waals surface area contributed by atoms with E-state index in [1.54, 1.807) is 0 Å². The third-order valence-corrected chi connectivity index (χ3v) is 12.0. The van der Waals surface area contributed by atoms with Gasteiger partial charge in [-0.05, 0) is 53.1 Å². The van der Waals surface area contributed by atoms with Crippen LogP contribution in [0.2, 0.25) is 0 Å². The van der Waals surface area contributed by atoms with E-state index in [1.807, 2.05) is 23.5 Å². The van der Waals surface area contributed by atoms with Crippen LogP contribution < -0.4 is 0 Å². The van der Waals surface area contributed by atoms with Crippen LogP contribution in [0.4, 0.5) is 0 Å². The molecule has 3 nitrogen and oxygen atoms in total. The van der Waals surface area contributed by atoms with E-state index in [0.717, 1.165) is 39.3 Å². The van der Waals surface area contributed by atoms with Crippen molar-refractivity contribution < 1.29 is 0 Å². The van der Waals surface area contributed by atoms with Crippen LogP contribution in [0.5, 0.6) is 0 Å². The van der Waals surface area contributed by atoms with Crippen LogP contribution in [-0.2, 0) is 0 Å². The highest BCUT2D eigenvalue weighted by Gasteiger charge is 2.19. The van der Waals surface area contributed by atoms with E-state index in [1.165, 1.54) is 58.7 Å². The number of thiophene rings is 1. The van der Waals surface area contributed by atoms with E-state index in [-0.39, 0.29) is 0 Å². The number of hydrogen-bond donors (Lipinski definition) is 0. The van der Waals surface area contributed by atoms with Crippen molar-refractivity contribution in [1.29, 1.82) is 0 Å². The first kappa shape index (κ1) is 32.3. The molecule has 0 aliphatic rings. The lowest BCUT2D eigenvalue weighted by Crippen LogP contribution is -1.96. The van der Waals surface area contributed by atoms with Gasteiger partial charge in [-0.2, -0.15) is 0 Å². The molecular weight excluding hydrogens is 699 g/mol. The van der Waals surface area contributed by atoms with Gasteiger partial charge in [0.1, 0.15) is 0 Å². The maximum atomic E-state index is 5.08. The Kier molecular flexibility index (Phi) is 7.68. The van der Waals surface area contributed by atoms with E-state index in [9.17, 15) is 0 Å². The van der Waals surface area contributed by atoms with Gasteiger partial charge in [0.2, 0.25) is 0 Å². The summed E-state index contributed by atoms with van der Waals surface area (Å²) in [5, 5.41) is 5.04. The number of hydrogen-bond acceptors (Lipinski definition) is 3. The second-order valence-corrected chi connectivity index (χ2v) is 15.2. The molecular formula is C52H33N3S. The highest BCUT2D eigenvalue weighted by Crippen LogP contribution is 2.44. The lowest BCUT2D eigenvalue weighted by atomic mass is 9.98. The zero-order valence-corrected chi connectivity index (χ0v) is 31.1. The maximum absolute atomic E-state index is 5.08. The van der Waals surface area contributed by atoms with Gasteiger partial charge in [-0.3, -0.25) is 0 Å². The third-order valence-electron chi connectivity index (χ3n) is 10.8. The third kappa shape index (κ3) is 5.42. The van der Waals surface area contributed by atoms with Crippen LogP contribution in [-0.4, -0.2) is 14.5 Å². The van der Waals surface area contributed by atoms with Crippen molar-refractivity contribution >= 4 is 53.3 Å². The molecule has 11 rings (SSSR count). The van der Waals surface area contributed by atoms with Crippen LogP contribution in [0.3, 0.4) is 0 Å². The fraction of sp³-hybridized carbons (Fsp3) is 0. The summed E-state index contributed by atoms with van der Waals surface area (Å²) < 4.78 is 5.07. The second kappa shape index (κ2) is 13.3. The van der Waals surface area contributed by atoms with Gasteiger partial charge in [0, 0.05) is 58.9 Å². The van der Waals surface area contributed by atoms with Crippen LogP contribution in [0.15, 0.2) is 200 Å². The number of fused-ring (bicyclic) bond motifs is 6. The molecule has 0 atom stereocenters. The number of benzene rings is 8. The van der Waals surface area contributed by atoms with Gasteiger partial charge in [0.05, 0.1) is 22.4 Å². The SMILES string of the molecule is c1ccc(-c2cc(-c3ccccc3)nc(-c3ccc(-c4cccc5c4c4ccccc4n5-c4cc(-c5ccccc5)c5sc6ccccc6c5c4)cc3)n2)cc1. The minimum Gasteiger partial charge on any atom is -0.309 e. The first-order valence-corrected chi connectivity index (χ1v) is 19.7. The van der Waals surface area contributed by atoms with E-state index in [0.29, 0.717) is 5.82 Å². The molecule has 0 amide bonds. The lowest BCUT2D eigenvalue weighted by molar-refractivity contribution is 1.18. The predicted molar refractivity (Wildman–Crippen MR) is 236 cm³/mol. The van der Waals surface area contributed by atoms with Crippen molar-refractivity contribution in [2.45, 2.75) is 0 Å². The van der Waals surface area contributed by atoms with Crippen LogP contribution >= 0.6 is 11.3 Å². The molecule has 0 saturated heterocycles. The molecule has 0 aliphatic heterocycles. The van der Waals surface area contributed by atoms with Gasteiger partial charge >= 0.3 is 0 Å². The topological polar surface area (TPSA) is 30.7 Å². The van der Waals surface area contributed by atoms with E-state index in [2.05, 4.69) is 193 Å². The first-order valence-electron chi connectivity index (χ1n) is 18.9. The first-order chi connectivity index (χ1) is 27.8.